The zero-order valence-electron chi connectivity index (χ0n) is 13.7. The summed E-state index contributed by atoms with van der Waals surface area (Å²) >= 11 is 0. The Labute approximate surface area is 144 Å². The first-order valence-corrected chi connectivity index (χ1v) is 7.90. The second-order valence-electron chi connectivity index (χ2n) is 5.64. The Kier molecular flexibility index (Phi) is 4.90. The molecule has 2 aromatic carbocycles. The molecule has 0 atom stereocenters. The van der Waals surface area contributed by atoms with E-state index in [1.165, 1.54) is 24.3 Å². The van der Waals surface area contributed by atoms with Crippen molar-refractivity contribution in [2.75, 3.05) is 11.9 Å². The maximum atomic E-state index is 13.0. The van der Waals surface area contributed by atoms with E-state index >= 15 is 0 Å². The van der Waals surface area contributed by atoms with E-state index in [0.29, 0.717) is 17.1 Å². The van der Waals surface area contributed by atoms with Gasteiger partial charge in [0.2, 0.25) is 0 Å². The molecule has 1 aromatic heterocycles. The standard InChI is InChI=1S/C19H18FN3O2/c1-13-4-2-3-5-16(13)17-12-18(23(22-17)10-11-24)21-19(25)14-6-8-15(20)9-7-14/h2-9,12,24H,10-11H2,1H3,(H,21,25). The fourth-order valence-corrected chi connectivity index (χ4v) is 2.56. The molecule has 0 unspecified atom stereocenters. The molecule has 2 N–H and O–H groups in total. The van der Waals surface area contributed by atoms with Gasteiger partial charge in [-0.3, -0.25) is 4.79 Å². The Morgan fingerprint density at radius 3 is 2.60 bits per heavy atom. The van der Waals surface area contributed by atoms with E-state index < -0.39 is 5.82 Å². The highest BCUT2D eigenvalue weighted by Gasteiger charge is 2.14. The summed E-state index contributed by atoms with van der Waals surface area (Å²) in [5, 5.41) is 16.5. The van der Waals surface area contributed by atoms with E-state index in [1.807, 2.05) is 31.2 Å². The van der Waals surface area contributed by atoms with E-state index in [2.05, 4.69) is 10.4 Å². The van der Waals surface area contributed by atoms with Gasteiger partial charge in [0.1, 0.15) is 11.6 Å². The molecule has 0 bridgehead atoms. The third kappa shape index (κ3) is 3.75. The van der Waals surface area contributed by atoms with Gasteiger partial charge in [0, 0.05) is 17.2 Å². The van der Waals surface area contributed by atoms with Gasteiger partial charge in [0.25, 0.3) is 5.91 Å². The number of aliphatic hydroxyl groups excluding tert-OH is 1. The number of hydrogen-bond acceptors (Lipinski definition) is 3. The highest BCUT2D eigenvalue weighted by atomic mass is 19.1. The first-order valence-electron chi connectivity index (χ1n) is 7.90. The third-order valence-electron chi connectivity index (χ3n) is 3.86. The van der Waals surface area contributed by atoms with Crippen molar-refractivity contribution >= 4 is 11.7 Å². The zero-order chi connectivity index (χ0) is 17.8. The van der Waals surface area contributed by atoms with Gasteiger partial charge in [-0.05, 0) is 36.8 Å². The predicted molar refractivity (Wildman–Crippen MR) is 93.8 cm³/mol. The predicted octanol–water partition coefficient (Wildman–Crippen LogP) is 3.24. The number of anilines is 1. The number of halogens is 1. The lowest BCUT2D eigenvalue weighted by atomic mass is 10.1. The minimum Gasteiger partial charge on any atom is -0.394 e. The Morgan fingerprint density at radius 1 is 1.20 bits per heavy atom. The number of rotatable bonds is 5. The van der Waals surface area contributed by atoms with Crippen molar-refractivity contribution in [3.8, 4) is 11.3 Å². The summed E-state index contributed by atoms with van der Waals surface area (Å²) in [6.07, 6.45) is 0. The summed E-state index contributed by atoms with van der Waals surface area (Å²) < 4.78 is 14.5. The molecule has 0 saturated carbocycles. The number of hydrogen-bond donors (Lipinski definition) is 2. The largest absolute Gasteiger partial charge is 0.394 e. The van der Waals surface area contributed by atoms with Crippen molar-refractivity contribution < 1.29 is 14.3 Å². The van der Waals surface area contributed by atoms with Crippen LogP contribution in [0.1, 0.15) is 15.9 Å². The molecule has 3 rings (SSSR count). The van der Waals surface area contributed by atoms with Crippen LogP contribution in [0.2, 0.25) is 0 Å². The number of aliphatic hydroxyl groups is 1. The average molecular weight is 339 g/mol. The zero-order valence-corrected chi connectivity index (χ0v) is 13.7. The van der Waals surface area contributed by atoms with Crippen LogP contribution in [0.25, 0.3) is 11.3 Å². The fourth-order valence-electron chi connectivity index (χ4n) is 2.56. The highest BCUT2D eigenvalue weighted by molar-refractivity contribution is 6.04. The number of benzene rings is 2. The molecule has 3 aromatic rings. The average Bonchev–Trinajstić information content (AvgIpc) is 2.98. The molecule has 0 aliphatic rings. The van der Waals surface area contributed by atoms with Gasteiger partial charge in [0.15, 0.2) is 0 Å². The van der Waals surface area contributed by atoms with Crippen molar-refractivity contribution in [3.05, 3.63) is 71.5 Å². The lowest BCUT2D eigenvalue weighted by Gasteiger charge is -2.07. The lowest BCUT2D eigenvalue weighted by Crippen LogP contribution is -2.16. The van der Waals surface area contributed by atoms with Crippen LogP contribution >= 0.6 is 0 Å². The van der Waals surface area contributed by atoms with E-state index in [0.717, 1.165) is 11.1 Å². The lowest BCUT2D eigenvalue weighted by molar-refractivity contribution is 0.102. The highest BCUT2D eigenvalue weighted by Crippen LogP contribution is 2.25. The van der Waals surface area contributed by atoms with Crippen LogP contribution in [-0.2, 0) is 6.54 Å². The molecule has 1 heterocycles. The number of amides is 1. The van der Waals surface area contributed by atoms with Crippen molar-refractivity contribution in [2.24, 2.45) is 0 Å². The summed E-state index contributed by atoms with van der Waals surface area (Å²) in [4.78, 5) is 12.4. The Bertz CT molecular complexity index is 888. The molecule has 25 heavy (non-hydrogen) atoms. The molecule has 0 radical (unpaired) electrons. The summed E-state index contributed by atoms with van der Waals surface area (Å²) in [7, 11) is 0. The maximum absolute atomic E-state index is 13.0. The van der Waals surface area contributed by atoms with E-state index in [-0.39, 0.29) is 19.1 Å². The van der Waals surface area contributed by atoms with Gasteiger partial charge in [-0.15, -0.1) is 0 Å². The molecule has 0 aliphatic carbocycles. The second kappa shape index (κ2) is 7.27. The third-order valence-corrected chi connectivity index (χ3v) is 3.86. The normalized spacial score (nSPS) is 10.7. The molecule has 1 amide bonds. The Morgan fingerprint density at radius 2 is 1.92 bits per heavy atom. The van der Waals surface area contributed by atoms with Crippen LogP contribution in [0.5, 0.6) is 0 Å². The molecule has 128 valence electrons. The number of carbonyl (C=O) groups excluding carboxylic acids is 1. The molecule has 6 heteroatoms. The smallest absolute Gasteiger partial charge is 0.256 e. The minimum absolute atomic E-state index is 0.103. The van der Waals surface area contributed by atoms with Crippen LogP contribution in [0.4, 0.5) is 10.2 Å². The second-order valence-corrected chi connectivity index (χ2v) is 5.64. The van der Waals surface area contributed by atoms with Gasteiger partial charge in [-0.2, -0.15) is 5.10 Å². The molecular formula is C19H18FN3O2. The number of nitrogens with one attached hydrogen (secondary N) is 1. The summed E-state index contributed by atoms with van der Waals surface area (Å²) in [6.45, 7) is 2.14. The number of aryl methyl sites for hydroxylation is 1. The van der Waals surface area contributed by atoms with Crippen molar-refractivity contribution in [2.45, 2.75) is 13.5 Å². The molecule has 0 spiro atoms. The first kappa shape index (κ1) is 16.9. The SMILES string of the molecule is Cc1ccccc1-c1cc(NC(=O)c2ccc(F)cc2)n(CCO)n1. The molecule has 0 saturated heterocycles. The van der Waals surface area contributed by atoms with Gasteiger partial charge in [-0.1, -0.05) is 24.3 Å². The van der Waals surface area contributed by atoms with Gasteiger partial charge in [0.05, 0.1) is 18.8 Å². The molecule has 0 fully saturated rings. The van der Waals surface area contributed by atoms with Crippen molar-refractivity contribution in [1.82, 2.24) is 9.78 Å². The van der Waals surface area contributed by atoms with Crippen molar-refractivity contribution in [1.29, 1.82) is 0 Å². The van der Waals surface area contributed by atoms with Crippen LogP contribution in [0.15, 0.2) is 54.6 Å². The number of aromatic nitrogens is 2. The van der Waals surface area contributed by atoms with Crippen molar-refractivity contribution in [3.63, 3.8) is 0 Å². The summed E-state index contributed by atoms with van der Waals surface area (Å²) in [6, 6.07) is 14.9. The summed E-state index contributed by atoms with van der Waals surface area (Å²) in [5.74, 6) is -0.291. The maximum Gasteiger partial charge on any atom is 0.256 e. The van der Waals surface area contributed by atoms with E-state index in [9.17, 15) is 14.3 Å². The van der Waals surface area contributed by atoms with E-state index in [4.69, 9.17) is 0 Å². The first-order chi connectivity index (χ1) is 12.1. The van der Waals surface area contributed by atoms with Crippen LogP contribution < -0.4 is 5.32 Å². The van der Waals surface area contributed by atoms with Gasteiger partial charge < -0.3 is 10.4 Å². The topological polar surface area (TPSA) is 67.2 Å². The number of carbonyl (C=O) groups is 1. The quantitative estimate of drug-likeness (QED) is 0.750. The molecule has 5 nitrogen and oxygen atoms in total. The monoisotopic (exact) mass is 339 g/mol. The van der Waals surface area contributed by atoms with Crippen LogP contribution in [0, 0.1) is 12.7 Å². The van der Waals surface area contributed by atoms with Gasteiger partial charge >= 0.3 is 0 Å². The minimum atomic E-state index is -0.399. The fraction of sp³-hybridized carbons (Fsp3) is 0.158. The van der Waals surface area contributed by atoms with Crippen LogP contribution in [-0.4, -0.2) is 27.4 Å². The van der Waals surface area contributed by atoms with Gasteiger partial charge in [-0.25, -0.2) is 9.07 Å². The Hall–Kier alpha value is -2.99. The van der Waals surface area contributed by atoms with Crippen LogP contribution in [0.3, 0.4) is 0 Å². The summed E-state index contributed by atoms with van der Waals surface area (Å²) in [5.41, 5.74) is 3.07. The molecule has 0 aliphatic heterocycles. The number of nitrogens with zero attached hydrogens (tertiary/aromatic N) is 2. The van der Waals surface area contributed by atoms with E-state index in [1.54, 1.807) is 10.7 Å². The molecular weight excluding hydrogens is 321 g/mol. The Balaban J connectivity index is 1.91.